The predicted octanol–water partition coefficient (Wildman–Crippen LogP) is 12.3. The van der Waals surface area contributed by atoms with Crippen LogP contribution in [0.3, 0.4) is 0 Å². The molecular formula is C48H27N7. The van der Waals surface area contributed by atoms with E-state index in [4.69, 9.17) is 28.1 Å². The first-order valence-electron chi connectivity index (χ1n) is 17.6. The molecule has 0 unspecified atom stereocenters. The Hall–Kier alpha value is -8.18. The van der Waals surface area contributed by atoms with E-state index in [2.05, 4.69) is 56.7 Å². The summed E-state index contributed by atoms with van der Waals surface area (Å²) in [5.74, 6) is 1.59. The number of fused-ring (bicyclic) bond motifs is 3. The Kier molecular flexibility index (Phi) is 8.18. The Labute approximate surface area is 317 Å². The van der Waals surface area contributed by atoms with Crippen LogP contribution in [0, 0.1) is 24.5 Å². The number of rotatable bonds is 6. The van der Waals surface area contributed by atoms with Crippen LogP contribution in [0.5, 0.6) is 0 Å². The third-order valence-electron chi connectivity index (χ3n) is 9.70. The van der Waals surface area contributed by atoms with E-state index in [1.165, 1.54) is 0 Å². The third kappa shape index (κ3) is 6.03. The molecule has 0 aliphatic carbocycles. The van der Waals surface area contributed by atoms with Crippen molar-refractivity contribution in [2.75, 3.05) is 0 Å². The van der Waals surface area contributed by atoms with Gasteiger partial charge in [0.25, 0.3) is 0 Å². The van der Waals surface area contributed by atoms with Crippen LogP contribution in [0.4, 0.5) is 11.4 Å². The molecule has 0 saturated heterocycles. The van der Waals surface area contributed by atoms with Gasteiger partial charge >= 0.3 is 0 Å². The maximum atomic E-state index is 10.5. The zero-order valence-electron chi connectivity index (χ0n) is 29.2. The van der Waals surface area contributed by atoms with Gasteiger partial charge in [-0.2, -0.15) is 5.26 Å². The third-order valence-corrected chi connectivity index (χ3v) is 9.70. The van der Waals surface area contributed by atoms with Crippen molar-refractivity contribution in [3.8, 4) is 68.2 Å². The second kappa shape index (κ2) is 13.7. The molecule has 0 spiro atoms. The zero-order chi connectivity index (χ0) is 37.3. The van der Waals surface area contributed by atoms with Crippen molar-refractivity contribution < 1.29 is 0 Å². The van der Waals surface area contributed by atoms with Crippen LogP contribution in [0.1, 0.15) is 5.56 Å². The van der Waals surface area contributed by atoms with E-state index in [9.17, 15) is 5.26 Å². The molecule has 0 aliphatic rings. The quantitative estimate of drug-likeness (QED) is 0.162. The summed E-state index contributed by atoms with van der Waals surface area (Å²) in [4.78, 5) is 22.1. The highest BCUT2D eigenvalue weighted by Gasteiger charge is 2.19. The first-order chi connectivity index (χ1) is 27.1. The van der Waals surface area contributed by atoms with Crippen molar-refractivity contribution in [1.82, 2.24) is 19.5 Å². The van der Waals surface area contributed by atoms with Crippen molar-refractivity contribution in [3.63, 3.8) is 0 Å². The molecule has 0 N–H and O–H groups in total. The predicted molar refractivity (Wildman–Crippen MR) is 219 cm³/mol. The Morgan fingerprint density at radius 2 is 0.873 bits per heavy atom. The fourth-order valence-electron chi connectivity index (χ4n) is 7.04. The van der Waals surface area contributed by atoms with E-state index in [0.29, 0.717) is 40.1 Å². The minimum absolute atomic E-state index is 0.489. The van der Waals surface area contributed by atoms with Crippen LogP contribution in [-0.4, -0.2) is 19.5 Å². The van der Waals surface area contributed by atoms with Gasteiger partial charge in [0.05, 0.1) is 35.4 Å². The molecule has 0 atom stereocenters. The highest BCUT2D eigenvalue weighted by molar-refractivity contribution is 6.12. The highest BCUT2D eigenvalue weighted by Crippen LogP contribution is 2.39. The minimum atomic E-state index is 0.489. The number of benzene rings is 7. The van der Waals surface area contributed by atoms with Gasteiger partial charge in [-0.1, -0.05) is 109 Å². The molecule has 2 heterocycles. The molecular weight excluding hydrogens is 675 g/mol. The number of nitriles is 1. The van der Waals surface area contributed by atoms with Crippen molar-refractivity contribution in [2.24, 2.45) is 0 Å². The highest BCUT2D eigenvalue weighted by atomic mass is 15.0. The lowest BCUT2D eigenvalue weighted by Gasteiger charge is -2.13. The normalized spacial score (nSPS) is 10.9. The lowest BCUT2D eigenvalue weighted by molar-refractivity contribution is 1.07. The van der Waals surface area contributed by atoms with E-state index in [-0.39, 0.29) is 0 Å². The van der Waals surface area contributed by atoms with Crippen LogP contribution in [0.25, 0.3) is 93.6 Å². The second-order valence-corrected chi connectivity index (χ2v) is 13.0. The Morgan fingerprint density at radius 3 is 1.35 bits per heavy atom. The summed E-state index contributed by atoms with van der Waals surface area (Å²) in [6.07, 6.45) is 0. The van der Waals surface area contributed by atoms with Crippen molar-refractivity contribution in [3.05, 3.63) is 192 Å². The molecule has 9 rings (SSSR count). The van der Waals surface area contributed by atoms with Crippen LogP contribution >= 0.6 is 0 Å². The molecule has 254 valence electrons. The van der Waals surface area contributed by atoms with E-state index in [1.54, 1.807) is 12.1 Å². The van der Waals surface area contributed by atoms with Gasteiger partial charge in [0.1, 0.15) is 6.07 Å². The topological polar surface area (TPSA) is 76.1 Å². The van der Waals surface area contributed by atoms with Gasteiger partial charge in [0.15, 0.2) is 28.8 Å². The summed E-state index contributed by atoms with van der Waals surface area (Å²) in [5, 5.41) is 12.5. The molecule has 0 aliphatic heterocycles. The number of aromatic nitrogens is 4. The maximum Gasteiger partial charge on any atom is 0.187 e. The molecule has 55 heavy (non-hydrogen) atoms. The summed E-state index contributed by atoms with van der Waals surface area (Å²) < 4.78 is 2.13. The van der Waals surface area contributed by atoms with Gasteiger partial charge in [-0.15, -0.1) is 0 Å². The number of nitrogens with zero attached hydrogens (tertiary/aromatic N) is 7. The van der Waals surface area contributed by atoms with E-state index in [0.717, 1.165) is 60.8 Å². The summed E-state index contributed by atoms with van der Waals surface area (Å²) in [6, 6.07) is 55.6. The zero-order valence-corrected chi connectivity index (χ0v) is 29.2. The van der Waals surface area contributed by atoms with Gasteiger partial charge in [-0.25, -0.2) is 24.6 Å². The lowest BCUT2D eigenvalue weighted by atomic mass is 10.00. The molecule has 7 nitrogen and oxygen atoms in total. The molecule has 7 aromatic carbocycles. The largest absolute Gasteiger partial charge is 0.308 e. The Morgan fingerprint density at radius 1 is 0.436 bits per heavy atom. The van der Waals surface area contributed by atoms with E-state index < -0.39 is 0 Å². The SMILES string of the molecule is [C-]#[N+]c1cccc(-c2ccc3c(c2)c2cc(-c4cccc([N+]#[C-])c4)ccc2n3-c2cc(-c3nc(-c4ccccc4)nc(-c4ccccc4)n3)ccc2C#N)c1. The summed E-state index contributed by atoms with van der Waals surface area (Å²) in [7, 11) is 0. The molecule has 0 bridgehead atoms. The van der Waals surface area contributed by atoms with Crippen LogP contribution < -0.4 is 0 Å². The number of hydrogen-bond acceptors (Lipinski definition) is 4. The van der Waals surface area contributed by atoms with Crippen LogP contribution in [0.2, 0.25) is 0 Å². The monoisotopic (exact) mass is 701 g/mol. The summed E-state index contributed by atoms with van der Waals surface area (Å²) >= 11 is 0. The summed E-state index contributed by atoms with van der Waals surface area (Å²) in [5.41, 5.74) is 10.4. The Bertz CT molecular complexity index is 2900. The smallest absolute Gasteiger partial charge is 0.187 e. The molecule has 0 saturated carbocycles. The van der Waals surface area contributed by atoms with Gasteiger partial charge in [-0.05, 0) is 76.9 Å². The Balaban J connectivity index is 1.28. The van der Waals surface area contributed by atoms with E-state index in [1.807, 2.05) is 115 Å². The van der Waals surface area contributed by atoms with Crippen molar-refractivity contribution in [1.29, 1.82) is 5.26 Å². The average molecular weight is 702 g/mol. The number of hydrogen-bond donors (Lipinski definition) is 0. The molecule has 9 aromatic rings. The van der Waals surface area contributed by atoms with Crippen LogP contribution in [0.15, 0.2) is 164 Å². The van der Waals surface area contributed by atoms with Gasteiger partial charge < -0.3 is 4.57 Å². The fourth-order valence-corrected chi connectivity index (χ4v) is 7.04. The first kappa shape index (κ1) is 32.7. The first-order valence-corrected chi connectivity index (χ1v) is 17.6. The average Bonchev–Trinajstić information content (AvgIpc) is 3.59. The molecule has 0 amide bonds. The molecule has 0 fully saturated rings. The molecule has 0 radical (unpaired) electrons. The molecule has 2 aromatic heterocycles. The van der Waals surface area contributed by atoms with E-state index >= 15 is 0 Å². The van der Waals surface area contributed by atoms with Gasteiger partial charge in [0.2, 0.25) is 0 Å². The fraction of sp³-hybridized carbons (Fsp3) is 0. The molecule has 7 heteroatoms. The van der Waals surface area contributed by atoms with Crippen molar-refractivity contribution >= 4 is 33.2 Å². The summed E-state index contributed by atoms with van der Waals surface area (Å²) in [6.45, 7) is 15.1. The van der Waals surface area contributed by atoms with Gasteiger partial charge in [0, 0.05) is 27.5 Å². The lowest BCUT2D eigenvalue weighted by Crippen LogP contribution is -2.02. The van der Waals surface area contributed by atoms with Crippen LogP contribution in [-0.2, 0) is 0 Å². The second-order valence-electron chi connectivity index (χ2n) is 13.0. The van der Waals surface area contributed by atoms with Gasteiger partial charge in [-0.3, -0.25) is 0 Å². The standard InChI is InChI=1S/C48H27N7/c1-50-39-17-9-15-33(25-39)35-21-23-43-41(27-35)42-28-36(34-16-10-18-40(26-34)51-2)22-24-44(42)55(43)45-29-37(19-20-38(45)30-49)48-53-46(31-11-5-3-6-12-31)52-47(54-48)32-13-7-4-8-14-32/h3-29H. The van der Waals surface area contributed by atoms with Crippen molar-refractivity contribution in [2.45, 2.75) is 0 Å². The maximum absolute atomic E-state index is 10.5. The minimum Gasteiger partial charge on any atom is -0.308 e.